The van der Waals surface area contributed by atoms with E-state index in [0.29, 0.717) is 6.54 Å². The van der Waals surface area contributed by atoms with Crippen LogP contribution < -0.4 is 5.32 Å². The summed E-state index contributed by atoms with van der Waals surface area (Å²) in [7, 11) is 1.30. The molecule has 1 N–H and O–H groups in total. The topological polar surface area (TPSA) is 38.3 Å². The average Bonchev–Trinajstić information content (AvgIpc) is 2.53. The van der Waals surface area contributed by atoms with E-state index in [1.54, 1.807) is 25.1 Å². The van der Waals surface area contributed by atoms with Gasteiger partial charge in [-0.3, -0.25) is 5.32 Å². The van der Waals surface area contributed by atoms with E-state index in [1.165, 1.54) is 13.2 Å². The number of nitrogens with one attached hydrogen (secondary N) is 1. The lowest BCUT2D eigenvalue weighted by atomic mass is 9.91. The normalized spacial score (nSPS) is 13.5. The predicted molar refractivity (Wildman–Crippen MR) is 79.0 cm³/mol. The summed E-state index contributed by atoms with van der Waals surface area (Å²) in [5.41, 5.74) is 0.0346. The zero-order valence-corrected chi connectivity index (χ0v) is 12.1. The summed E-state index contributed by atoms with van der Waals surface area (Å²) in [6.45, 7) is 2.06. The fraction of sp³-hybridized carbons (Fsp3) is 0.235. The molecule has 1 unspecified atom stereocenters. The molecule has 2 aromatic rings. The molecule has 4 heteroatoms. The first-order valence-corrected chi connectivity index (χ1v) is 6.70. The highest BCUT2D eigenvalue weighted by molar-refractivity contribution is 5.82. The Morgan fingerprint density at radius 2 is 1.76 bits per heavy atom. The van der Waals surface area contributed by atoms with Gasteiger partial charge in [0.25, 0.3) is 0 Å². The highest BCUT2D eigenvalue weighted by Gasteiger charge is 2.38. The lowest BCUT2D eigenvalue weighted by Crippen LogP contribution is -2.47. The molecule has 0 aromatic heterocycles. The van der Waals surface area contributed by atoms with Gasteiger partial charge in [0.2, 0.25) is 0 Å². The number of benzene rings is 2. The lowest BCUT2D eigenvalue weighted by Gasteiger charge is -2.29. The zero-order valence-electron chi connectivity index (χ0n) is 12.1. The van der Waals surface area contributed by atoms with Crippen LogP contribution in [0.5, 0.6) is 0 Å². The maximum atomic E-state index is 14.1. The number of methoxy groups -OCH3 is 1. The molecule has 0 spiro atoms. The van der Waals surface area contributed by atoms with Crippen LogP contribution in [0, 0.1) is 5.82 Å². The van der Waals surface area contributed by atoms with Crippen LogP contribution in [-0.4, -0.2) is 13.1 Å². The molecule has 2 aromatic carbocycles. The van der Waals surface area contributed by atoms with Crippen LogP contribution in [0.3, 0.4) is 0 Å². The van der Waals surface area contributed by atoms with Gasteiger partial charge in [-0.25, -0.2) is 9.18 Å². The van der Waals surface area contributed by atoms with Crippen LogP contribution in [-0.2, 0) is 21.6 Å². The van der Waals surface area contributed by atoms with E-state index >= 15 is 0 Å². The van der Waals surface area contributed by atoms with E-state index < -0.39 is 17.3 Å². The molecule has 0 aliphatic rings. The van der Waals surface area contributed by atoms with Gasteiger partial charge < -0.3 is 4.74 Å². The van der Waals surface area contributed by atoms with Gasteiger partial charge in [-0.2, -0.15) is 0 Å². The molecule has 0 saturated heterocycles. The van der Waals surface area contributed by atoms with Crippen molar-refractivity contribution >= 4 is 5.97 Å². The minimum Gasteiger partial charge on any atom is -0.467 e. The molecular weight excluding hydrogens is 269 g/mol. The van der Waals surface area contributed by atoms with Gasteiger partial charge in [0.05, 0.1) is 7.11 Å². The summed E-state index contributed by atoms with van der Waals surface area (Å²) in [5, 5.41) is 3.11. The number of hydrogen-bond acceptors (Lipinski definition) is 3. The maximum Gasteiger partial charge on any atom is 0.330 e. The first-order chi connectivity index (χ1) is 10.1. The number of hydrogen-bond donors (Lipinski definition) is 1. The van der Waals surface area contributed by atoms with E-state index in [0.717, 1.165) is 5.56 Å². The minimum absolute atomic E-state index is 0.271. The Morgan fingerprint density at radius 1 is 1.14 bits per heavy atom. The third kappa shape index (κ3) is 3.28. The van der Waals surface area contributed by atoms with E-state index in [-0.39, 0.29) is 5.56 Å². The summed E-state index contributed by atoms with van der Waals surface area (Å²) >= 11 is 0. The summed E-state index contributed by atoms with van der Waals surface area (Å²) in [6, 6.07) is 15.8. The average molecular weight is 287 g/mol. The molecule has 0 heterocycles. The largest absolute Gasteiger partial charge is 0.467 e. The van der Waals surface area contributed by atoms with Gasteiger partial charge in [-0.05, 0) is 18.6 Å². The van der Waals surface area contributed by atoms with Crippen molar-refractivity contribution in [2.75, 3.05) is 7.11 Å². The first-order valence-electron chi connectivity index (χ1n) is 6.70. The fourth-order valence-electron chi connectivity index (χ4n) is 2.22. The van der Waals surface area contributed by atoms with Crippen LogP contribution in [0.25, 0.3) is 0 Å². The van der Waals surface area contributed by atoms with Crippen LogP contribution in [0.15, 0.2) is 54.6 Å². The van der Waals surface area contributed by atoms with Gasteiger partial charge in [0, 0.05) is 12.1 Å². The summed E-state index contributed by atoms with van der Waals surface area (Å²) in [6.07, 6.45) is 0. The van der Waals surface area contributed by atoms with Crippen LogP contribution in [0.1, 0.15) is 18.1 Å². The van der Waals surface area contributed by atoms with Gasteiger partial charge >= 0.3 is 5.97 Å². The number of esters is 1. The Labute approximate surface area is 123 Å². The van der Waals surface area contributed by atoms with Gasteiger partial charge in [0.1, 0.15) is 11.4 Å². The fourth-order valence-corrected chi connectivity index (χ4v) is 2.22. The van der Waals surface area contributed by atoms with E-state index in [2.05, 4.69) is 5.32 Å². The van der Waals surface area contributed by atoms with E-state index in [1.807, 2.05) is 30.3 Å². The summed E-state index contributed by atoms with van der Waals surface area (Å²) < 4.78 is 18.9. The third-order valence-corrected chi connectivity index (χ3v) is 3.50. The van der Waals surface area contributed by atoms with Crippen molar-refractivity contribution in [3.05, 3.63) is 71.5 Å². The third-order valence-electron chi connectivity index (χ3n) is 3.50. The van der Waals surface area contributed by atoms with Crippen LogP contribution in [0.4, 0.5) is 4.39 Å². The smallest absolute Gasteiger partial charge is 0.330 e. The number of carbonyl (C=O) groups is 1. The molecule has 0 bridgehead atoms. The second-order valence-corrected chi connectivity index (χ2v) is 4.94. The lowest BCUT2D eigenvalue weighted by molar-refractivity contribution is -0.148. The molecule has 110 valence electrons. The molecular formula is C17H18FNO2. The van der Waals surface area contributed by atoms with Crippen molar-refractivity contribution in [1.82, 2.24) is 5.32 Å². The van der Waals surface area contributed by atoms with E-state index in [4.69, 9.17) is 4.74 Å². The molecule has 0 fully saturated rings. The number of rotatable bonds is 5. The Bertz CT molecular complexity index is 615. The standard InChI is InChI=1S/C17H18FNO2/c1-17(16(20)21-2,14-10-6-7-11-15(14)18)19-12-13-8-4-3-5-9-13/h3-11,19H,12H2,1-2H3. The Hall–Kier alpha value is -2.20. The van der Waals surface area contributed by atoms with Gasteiger partial charge in [-0.15, -0.1) is 0 Å². The van der Waals surface area contributed by atoms with Crippen molar-refractivity contribution in [2.24, 2.45) is 0 Å². The molecule has 0 radical (unpaired) electrons. The summed E-state index contributed by atoms with van der Waals surface area (Å²) in [4.78, 5) is 12.2. The number of carbonyl (C=O) groups excluding carboxylic acids is 1. The van der Waals surface area contributed by atoms with E-state index in [9.17, 15) is 9.18 Å². The molecule has 0 saturated carbocycles. The Kier molecular flexibility index (Phi) is 4.70. The molecule has 1 atom stereocenters. The molecule has 21 heavy (non-hydrogen) atoms. The van der Waals surface area contributed by atoms with Crippen LogP contribution in [0.2, 0.25) is 0 Å². The number of ether oxygens (including phenoxy) is 1. The molecule has 2 rings (SSSR count). The van der Waals surface area contributed by atoms with Crippen molar-refractivity contribution in [2.45, 2.75) is 19.0 Å². The molecule has 0 amide bonds. The highest BCUT2D eigenvalue weighted by atomic mass is 19.1. The second-order valence-electron chi connectivity index (χ2n) is 4.94. The van der Waals surface area contributed by atoms with Gasteiger partial charge in [0.15, 0.2) is 0 Å². The second kappa shape index (κ2) is 6.50. The first kappa shape index (κ1) is 15.2. The number of halogens is 1. The SMILES string of the molecule is COC(=O)C(C)(NCc1ccccc1)c1ccccc1F. The molecule has 0 aliphatic heterocycles. The summed E-state index contributed by atoms with van der Waals surface area (Å²) in [5.74, 6) is -0.963. The minimum atomic E-state index is -1.24. The zero-order chi connectivity index (χ0) is 15.3. The van der Waals surface area contributed by atoms with Crippen LogP contribution >= 0.6 is 0 Å². The van der Waals surface area contributed by atoms with Crippen molar-refractivity contribution in [3.63, 3.8) is 0 Å². The van der Waals surface area contributed by atoms with Crippen molar-refractivity contribution < 1.29 is 13.9 Å². The highest BCUT2D eigenvalue weighted by Crippen LogP contribution is 2.25. The Balaban J connectivity index is 2.30. The Morgan fingerprint density at radius 3 is 2.38 bits per heavy atom. The van der Waals surface area contributed by atoms with Gasteiger partial charge in [-0.1, -0.05) is 48.5 Å². The van der Waals surface area contributed by atoms with Crippen molar-refractivity contribution in [1.29, 1.82) is 0 Å². The molecule has 3 nitrogen and oxygen atoms in total. The predicted octanol–water partition coefficient (Wildman–Crippen LogP) is 3.00. The maximum absolute atomic E-state index is 14.1. The molecule has 0 aliphatic carbocycles. The van der Waals surface area contributed by atoms with Crippen molar-refractivity contribution in [3.8, 4) is 0 Å². The quantitative estimate of drug-likeness (QED) is 0.859. The monoisotopic (exact) mass is 287 g/mol.